The second-order valence-electron chi connectivity index (χ2n) is 12.3. The predicted molar refractivity (Wildman–Crippen MR) is 156 cm³/mol. The maximum atomic E-state index is 13.1. The first-order valence-corrected chi connectivity index (χ1v) is 14.4. The first kappa shape index (κ1) is 26.4. The van der Waals surface area contributed by atoms with Crippen molar-refractivity contribution in [3.05, 3.63) is 95.2 Å². The summed E-state index contributed by atoms with van der Waals surface area (Å²) < 4.78 is 5.56. The van der Waals surface area contributed by atoms with E-state index in [0.29, 0.717) is 5.57 Å². The molecule has 2 unspecified atom stereocenters. The number of fused-ring (bicyclic) bond motifs is 1. The summed E-state index contributed by atoms with van der Waals surface area (Å²) in [7, 11) is 0. The SMILES string of the molecule is CC(C)(C)OC(=O)NC1(c2ccc(C3N=C4C=C(C(=O)N5CCCC5)C=CN4C3c3ccccc3)cc2)CCC1. The summed E-state index contributed by atoms with van der Waals surface area (Å²) in [6.07, 6.45) is 10.5. The summed E-state index contributed by atoms with van der Waals surface area (Å²) >= 11 is 0. The van der Waals surface area contributed by atoms with Crippen LogP contribution in [0.25, 0.3) is 0 Å². The third kappa shape index (κ3) is 5.05. The molecule has 1 saturated carbocycles. The number of amides is 2. The van der Waals surface area contributed by atoms with E-state index < -0.39 is 11.1 Å². The van der Waals surface area contributed by atoms with Crippen molar-refractivity contribution in [2.75, 3.05) is 13.1 Å². The van der Waals surface area contributed by atoms with Gasteiger partial charge in [0.05, 0.1) is 11.6 Å². The molecule has 0 aromatic heterocycles. The summed E-state index contributed by atoms with van der Waals surface area (Å²) in [5, 5.41) is 3.16. The Balaban J connectivity index is 1.28. The van der Waals surface area contributed by atoms with E-state index in [1.165, 1.54) is 5.56 Å². The lowest BCUT2D eigenvalue weighted by Crippen LogP contribution is -2.52. The standard InChI is InChI=1S/C33H38N4O3/c1-32(2,3)40-31(39)35-33(17-9-18-33)26-14-12-23(13-15-26)28-29(24-10-5-4-6-11-24)37-21-16-25(22-27(37)34-28)30(38)36-19-7-8-20-36/h4-6,10-16,21-22,28-29H,7-9,17-20H2,1-3H3,(H,35,39). The molecular weight excluding hydrogens is 500 g/mol. The van der Waals surface area contributed by atoms with Crippen LogP contribution in [0.5, 0.6) is 0 Å². The zero-order valence-corrected chi connectivity index (χ0v) is 23.6. The normalized spacial score (nSPS) is 23.2. The van der Waals surface area contributed by atoms with Gasteiger partial charge < -0.3 is 19.9 Å². The van der Waals surface area contributed by atoms with E-state index in [0.717, 1.165) is 62.2 Å². The molecule has 3 heterocycles. The number of nitrogens with zero attached hydrogens (tertiary/aromatic N) is 3. The van der Waals surface area contributed by atoms with Crippen LogP contribution in [0, 0.1) is 0 Å². The van der Waals surface area contributed by atoms with Crippen molar-refractivity contribution in [1.29, 1.82) is 0 Å². The Morgan fingerprint density at radius 3 is 2.27 bits per heavy atom. The van der Waals surface area contributed by atoms with Crippen LogP contribution in [0.3, 0.4) is 0 Å². The molecule has 6 rings (SSSR count). The topological polar surface area (TPSA) is 74.2 Å². The van der Waals surface area contributed by atoms with E-state index in [4.69, 9.17) is 9.73 Å². The fourth-order valence-corrected chi connectivity index (χ4v) is 6.20. The number of alkyl carbamates (subject to hydrolysis) is 1. The van der Waals surface area contributed by atoms with Crippen LogP contribution in [-0.2, 0) is 15.1 Å². The molecule has 0 spiro atoms. The van der Waals surface area contributed by atoms with Gasteiger partial charge >= 0.3 is 6.09 Å². The van der Waals surface area contributed by atoms with E-state index >= 15 is 0 Å². The van der Waals surface area contributed by atoms with Gasteiger partial charge in [-0.1, -0.05) is 54.6 Å². The molecule has 2 aromatic rings. The van der Waals surface area contributed by atoms with Crippen LogP contribution in [0.4, 0.5) is 4.79 Å². The number of aliphatic imine (C=N–C) groups is 1. The van der Waals surface area contributed by atoms with Crippen molar-refractivity contribution in [3.8, 4) is 0 Å². The van der Waals surface area contributed by atoms with Crippen LogP contribution in [0.15, 0.2) is 83.5 Å². The molecule has 3 aliphatic heterocycles. The number of hydrogen-bond donors (Lipinski definition) is 1. The first-order chi connectivity index (χ1) is 19.2. The molecular formula is C33H38N4O3. The highest BCUT2D eigenvalue weighted by Gasteiger charge is 2.42. The van der Waals surface area contributed by atoms with Gasteiger partial charge in [0.2, 0.25) is 0 Å². The highest BCUT2D eigenvalue weighted by molar-refractivity contribution is 6.07. The molecule has 7 nitrogen and oxygen atoms in total. The Bertz CT molecular complexity index is 1360. The molecule has 0 bridgehead atoms. The van der Waals surface area contributed by atoms with Gasteiger partial charge in [-0.3, -0.25) is 9.79 Å². The van der Waals surface area contributed by atoms with E-state index in [1.54, 1.807) is 0 Å². The van der Waals surface area contributed by atoms with Crippen molar-refractivity contribution in [2.24, 2.45) is 4.99 Å². The molecule has 0 radical (unpaired) electrons. The minimum atomic E-state index is -0.541. The van der Waals surface area contributed by atoms with Crippen LogP contribution < -0.4 is 5.32 Å². The minimum absolute atomic E-state index is 0.0180. The van der Waals surface area contributed by atoms with Gasteiger partial charge in [0.15, 0.2) is 0 Å². The van der Waals surface area contributed by atoms with E-state index in [9.17, 15) is 9.59 Å². The molecule has 2 fully saturated rings. The van der Waals surface area contributed by atoms with E-state index in [-0.39, 0.29) is 24.1 Å². The van der Waals surface area contributed by atoms with Crippen molar-refractivity contribution in [2.45, 2.75) is 76.1 Å². The zero-order chi connectivity index (χ0) is 27.9. The van der Waals surface area contributed by atoms with Gasteiger partial charge in [0.25, 0.3) is 5.91 Å². The van der Waals surface area contributed by atoms with Crippen LogP contribution in [0.2, 0.25) is 0 Å². The lowest BCUT2D eigenvalue weighted by atomic mass is 9.71. The number of likely N-dealkylation sites (tertiary alicyclic amines) is 1. The summed E-state index contributed by atoms with van der Waals surface area (Å²) in [6, 6.07) is 18.8. The van der Waals surface area contributed by atoms with Crippen molar-refractivity contribution >= 4 is 17.8 Å². The minimum Gasteiger partial charge on any atom is -0.444 e. The molecule has 7 heteroatoms. The molecule has 1 N–H and O–H groups in total. The summed E-state index contributed by atoms with van der Waals surface area (Å²) in [5.74, 6) is 0.901. The van der Waals surface area contributed by atoms with Crippen molar-refractivity contribution in [3.63, 3.8) is 0 Å². The van der Waals surface area contributed by atoms with Gasteiger partial charge in [0.1, 0.15) is 17.5 Å². The number of ether oxygens (including phenoxy) is 1. The first-order valence-electron chi connectivity index (χ1n) is 14.4. The smallest absolute Gasteiger partial charge is 0.408 e. The summed E-state index contributed by atoms with van der Waals surface area (Å²) in [5.41, 5.74) is 3.12. The fourth-order valence-electron chi connectivity index (χ4n) is 6.20. The predicted octanol–water partition coefficient (Wildman–Crippen LogP) is 6.16. The number of rotatable bonds is 5. The molecule has 1 aliphatic carbocycles. The molecule has 2 aromatic carbocycles. The number of amidine groups is 1. The molecule has 208 valence electrons. The Morgan fingerprint density at radius 1 is 0.950 bits per heavy atom. The Labute approximate surface area is 236 Å². The Kier molecular flexibility index (Phi) is 6.77. The van der Waals surface area contributed by atoms with E-state index in [2.05, 4.69) is 58.7 Å². The third-order valence-electron chi connectivity index (χ3n) is 8.37. The average molecular weight is 539 g/mol. The molecule has 40 heavy (non-hydrogen) atoms. The van der Waals surface area contributed by atoms with Crippen molar-refractivity contribution in [1.82, 2.24) is 15.1 Å². The number of benzene rings is 2. The van der Waals surface area contributed by atoms with Crippen LogP contribution >= 0.6 is 0 Å². The van der Waals surface area contributed by atoms with Crippen LogP contribution in [0.1, 0.15) is 81.6 Å². The van der Waals surface area contributed by atoms with Gasteiger partial charge in [-0.15, -0.1) is 0 Å². The third-order valence-corrected chi connectivity index (χ3v) is 8.37. The lowest BCUT2D eigenvalue weighted by molar-refractivity contribution is -0.125. The maximum Gasteiger partial charge on any atom is 0.408 e. The highest BCUT2D eigenvalue weighted by atomic mass is 16.6. The summed E-state index contributed by atoms with van der Waals surface area (Å²) in [4.78, 5) is 35.0. The Hall–Kier alpha value is -3.87. The van der Waals surface area contributed by atoms with Gasteiger partial charge in [-0.25, -0.2) is 4.79 Å². The monoisotopic (exact) mass is 538 g/mol. The fraction of sp³-hybridized carbons (Fsp3) is 0.424. The zero-order valence-electron chi connectivity index (χ0n) is 23.6. The second-order valence-corrected chi connectivity index (χ2v) is 12.3. The van der Waals surface area contributed by atoms with E-state index in [1.807, 2.05) is 50.1 Å². The molecule has 1 saturated heterocycles. The molecule has 2 amide bonds. The number of carbonyl (C=O) groups excluding carboxylic acids is 2. The highest BCUT2D eigenvalue weighted by Crippen LogP contribution is 2.46. The number of carbonyl (C=O) groups is 2. The summed E-state index contributed by atoms with van der Waals surface area (Å²) in [6.45, 7) is 7.29. The quantitative estimate of drug-likeness (QED) is 0.495. The lowest BCUT2D eigenvalue weighted by Gasteiger charge is -2.43. The van der Waals surface area contributed by atoms with Crippen molar-refractivity contribution < 1.29 is 14.3 Å². The number of nitrogens with one attached hydrogen (secondary N) is 1. The van der Waals surface area contributed by atoms with Gasteiger partial charge in [-0.2, -0.15) is 0 Å². The largest absolute Gasteiger partial charge is 0.444 e. The number of hydrogen-bond acceptors (Lipinski definition) is 5. The maximum absolute atomic E-state index is 13.1. The second kappa shape index (κ2) is 10.3. The van der Waals surface area contributed by atoms with Crippen LogP contribution in [-0.4, -0.2) is 46.3 Å². The van der Waals surface area contributed by atoms with Gasteiger partial charge in [-0.05, 0) is 81.7 Å². The molecule has 2 atom stereocenters. The Morgan fingerprint density at radius 2 is 1.65 bits per heavy atom. The molecule has 4 aliphatic rings. The van der Waals surface area contributed by atoms with Gasteiger partial charge in [0, 0.05) is 24.9 Å². The average Bonchev–Trinajstić information content (AvgIpc) is 3.58.